The predicted octanol–water partition coefficient (Wildman–Crippen LogP) is 4.03. The number of aliphatic hydroxyl groups is 1. The molecule has 0 unspecified atom stereocenters. The molecule has 0 saturated heterocycles. The number of amides is 1. The van der Waals surface area contributed by atoms with Crippen LogP contribution in [0.25, 0.3) is 0 Å². The van der Waals surface area contributed by atoms with Crippen LogP contribution in [0.5, 0.6) is 0 Å². The third-order valence-corrected chi connectivity index (χ3v) is 4.58. The van der Waals surface area contributed by atoms with Gasteiger partial charge in [-0.15, -0.1) is 0 Å². The number of benzene rings is 2. The first-order chi connectivity index (χ1) is 12.0. The largest absolute Gasteiger partial charge is 0.512 e. The lowest BCUT2D eigenvalue weighted by atomic mass is 9.90. The number of aryl methyl sites for hydroxylation is 1. The second-order valence-corrected chi connectivity index (χ2v) is 6.40. The molecule has 0 bridgehead atoms. The van der Waals surface area contributed by atoms with Crippen LogP contribution in [0.4, 0.5) is 17.1 Å². The first-order valence-electron chi connectivity index (χ1n) is 8.48. The Labute approximate surface area is 147 Å². The van der Waals surface area contributed by atoms with Gasteiger partial charge in [0.1, 0.15) is 0 Å². The maximum atomic E-state index is 12.2. The van der Waals surface area contributed by atoms with Gasteiger partial charge < -0.3 is 21.9 Å². The molecule has 0 aliphatic heterocycles. The zero-order valence-electron chi connectivity index (χ0n) is 14.1. The second-order valence-electron chi connectivity index (χ2n) is 6.40. The van der Waals surface area contributed by atoms with Crippen molar-refractivity contribution >= 4 is 23.0 Å². The summed E-state index contributed by atoms with van der Waals surface area (Å²) in [6.45, 7) is 0. The molecule has 1 aliphatic rings. The standard InChI is InChI=1S/C20H23N3O2/c21-17-10-7-15(12-18(17)22)20(25)23-16-8-4-13(5-9-16)6-11-19(24)14-2-1-3-14/h4-5,7-10,12,24H,1-3,6,11,21-22H2,(H,23,25). The molecule has 0 aromatic heterocycles. The lowest BCUT2D eigenvalue weighted by Gasteiger charge is -2.18. The molecule has 5 nitrogen and oxygen atoms in total. The second kappa shape index (κ2) is 7.30. The van der Waals surface area contributed by atoms with E-state index in [0.29, 0.717) is 34.8 Å². The highest BCUT2D eigenvalue weighted by molar-refractivity contribution is 6.05. The molecule has 0 atom stereocenters. The molecule has 0 spiro atoms. The van der Waals surface area contributed by atoms with Crippen LogP contribution in [0.3, 0.4) is 0 Å². The summed E-state index contributed by atoms with van der Waals surface area (Å²) in [6, 6.07) is 12.5. The Morgan fingerprint density at radius 2 is 1.76 bits per heavy atom. The third kappa shape index (κ3) is 4.12. The van der Waals surface area contributed by atoms with Crippen LogP contribution in [0.2, 0.25) is 0 Å². The smallest absolute Gasteiger partial charge is 0.255 e. The minimum Gasteiger partial charge on any atom is -0.512 e. The zero-order chi connectivity index (χ0) is 17.8. The number of carbonyl (C=O) groups is 1. The molecule has 2 aromatic carbocycles. The van der Waals surface area contributed by atoms with Crippen molar-refractivity contribution in [1.29, 1.82) is 0 Å². The van der Waals surface area contributed by atoms with Crippen molar-refractivity contribution in [3.63, 3.8) is 0 Å². The summed E-state index contributed by atoms with van der Waals surface area (Å²) >= 11 is 0. The van der Waals surface area contributed by atoms with Crippen LogP contribution in [0.1, 0.15) is 41.6 Å². The highest BCUT2D eigenvalue weighted by Crippen LogP contribution is 2.29. The summed E-state index contributed by atoms with van der Waals surface area (Å²) in [5.41, 5.74) is 15.8. The summed E-state index contributed by atoms with van der Waals surface area (Å²) < 4.78 is 0. The van der Waals surface area contributed by atoms with Crippen LogP contribution in [0.15, 0.2) is 53.8 Å². The maximum Gasteiger partial charge on any atom is 0.255 e. The molecule has 0 radical (unpaired) electrons. The molecule has 1 saturated carbocycles. The molecule has 6 N–H and O–H groups in total. The van der Waals surface area contributed by atoms with Gasteiger partial charge in [0.05, 0.1) is 17.1 Å². The number of aliphatic hydroxyl groups excluding tert-OH is 1. The topological polar surface area (TPSA) is 101 Å². The molecule has 25 heavy (non-hydrogen) atoms. The van der Waals surface area contributed by atoms with Gasteiger partial charge in [-0.05, 0) is 67.2 Å². The summed E-state index contributed by atoms with van der Waals surface area (Å²) in [4.78, 5) is 12.2. The molecule has 5 heteroatoms. The molecule has 1 fully saturated rings. The van der Waals surface area contributed by atoms with Crippen molar-refractivity contribution in [3.8, 4) is 0 Å². The quantitative estimate of drug-likeness (QED) is 0.488. The lowest BCUT2D eigenvalue weighted by Crippen LogP contribution is -2.12. The average molecular weight is 337 g/mol. The number of hydrogen-bond donors (Lipinski definition) is 4. The van der Waals surface area contributed by atoms with E-state index in [2.05, 4.69) is 5.32 Å². The van der Waals surface area contributed by atoms with Gasteiger partial charge >= 0.3 is 0 Å². The van der Waals surface area contributed by atoms with E-state index in [1.165, 1.54) is 12.0 Å². The summed E-state index contributed by atoms with van der Waals surface area (Å²) in [5, 5.41) is 12.8. The molecule has 1 aliphatic carbocycles. The van der Waals surface area contributed by atoms with Crippen LogP contribution < -0.4 is 16.8 Å². The van der Waals surface area contributed by atoms with Gasteiger partial charge in [0.25, 0.3) is 5.91 Å². The van der Waals surface area contributed by atoms with Crippen molar-refractivity contribution in [3.05, 3.63) is 64.9 Å². The molecular weight excluding hydrogens is 314 g/mol. The van der Waals surface area contributed by atoms with E-state index < -0.39 is 0 Å². The Morgan fingerprint density at radius 3 is 2.36 bits per heavy atom. The van der Waals surface area contributed by atoms with Crippen molar-refractivity contribution in [1.82, 2.24) is 0 Å². The molecule has 3 rings (SSSR count). The Morgan fingerprint density at radius 1 is 1.04 bits per heavy atom. The minimum absolute atomic E-state index is 0.230. The maximum absolute atomic E-state index is 12.2. The van der Waals surface area contributed by atoms with Gasteiger partial charge in [-0.2, -0.15) is 0 Å². The molecule has 2 aromatic rings. The Bertz CT molecular complexity index is 804. The summed E-state index contributed by atoms with van der Waals surface area (Å²) in [6.07, 6.45) is 4.72. The fourth-order valence-electron chi connectivity index (χ4n) is 2.76. The first kappa shape index (κ1) is 16.9. The fraction of sp³-hybridized carbons (Fsp3) is 0.250. The molecule has 130 valence electrons. The molecule has 0 heterocycles. The minimum atomic E-state index is -0.230. The van der Waals surface area contributed by atoms with E-state index in [1.807, 2.05) is 24.3 Å². The molecule has 1 amide bonds. The van der Waals surface area contributed by atoms with E-state index in [4.69, 9.17) is 11.5 Å². The SMILES string of the molecule is Nc1ccc(C(=O)Nc2ccc(CCC(O)=C3CCC3)cc2)cc1N. The van der Waals surface area contributed by atoms with Crippen LogP contribution in [-0.2, 0) is 6.42 Å². The van der Waals surface area contributed by atoms with Crippen molar-refractivity contribution in [2.75, 3.05) is 16.8 Å². The highest BCUT2D eigenvalue weighted by atomic mass is 16.3. The summed E-state index contributed by atoms with van der Waals surface area (Å²) in [5.74, 6) is 0.316. The van der Waals surface area contributed by atoms with Gasteiger partial charge in [-0.3, -0.25) is 4.79 Å². The average Bonchev–Trinajstić information content (AvgIpc) is 2.55. The van der Waals surface area contributed by atoms with Gasteiger partial charge in [0.2, 0.25) is 0 Å². The number of nitrogens with two attached hydrogens (primary N) is 2. The van der Waals surface area contributed by atoms with E-state index >= 15 is 0 Å². The summed E-state index contributed by atoms with van der Waals surface area (Å²) in [7, 11) is 0. The lowest BCUT2D eigenvalue weighted by molar-refractivity contribution is 0.102. The van der Waals surface area contributed by atoms with Gasteiger partial charge in [0.15, 0.2) is 0 Å². The van der Waals surface area contributed by atoms with E-state index in [9.17, 15) is 9.90 Å². The van der Waals surface area contributed by atoms with Gasteiger partial charge in [-0.25, -0.2) is 0 Å². The number of allylic oxidation sites excluding steroid dienone is 2. The van der Waals surface area contributed by atoms with E-state index in [0.717, 1.165) is 24.8 Å². The van der Waals surface area contributed by atoms with Crippen molar-refractivity contribution in [2.45, 2.75) is 32.1 Å². The van der Waals surface area contributed by atoms with E-state index in [1.54, 1.807) is 18.2 Å². The predicted molar refractivity (Wildman–Crippen MR) is 101 cm³/mol. The zero-order valence-corrected chi connectivity index (χ0v) is 14.1. The van der Waals surface area contributed by atoms with Crippen LogP contribution >= 0.6 is 0 Å². The Kier molecular flexibility index (Phi) is 4.93. The normalized spacial score (nSPS) is 13.2. The van der Waals surface area contributed by atoms with Gasteiger partial charge in [0, 0.05) is 17.7 Å². The van der Waals surface area contributed by atoms with Crippen molar-refractivity contribution in [2.24, 2.45) is 0 Å². The number of hydrogen-bond acceptors (Lipinski definition) is 4. The van der Waals surface area contributed by atoms with Crippen molar-refractivity contribution < 1.29 is 9.90 Å². The first-order valence-corrected chi connectivity index (χ1v) is 8.48. The number of rotatable bonds is 5. The number of anilines is 3. The number of carbonyl (C=O) groups excluding carboxylic acids is 1. The number of nitrogens with one attached hydrogen (secondary N) is 1. The van der Waals surface area contributed by atoms with Crippen LogP contribution in [0, 0.1) is 0 Å². The third-order valence-electron chi connectivity index (χ3n) is 4.58. The van der Waals surface area contributed by atoms with E-state index in [-0.39, 0.29) is 5.91 Å². The highest BCUT2D eigenvalue weighted by Gasteiger charge is 2.13. The Hall–Kier alpha value is -2.95. The van der Waals surface area contributed by atoms with Gasteiger partial charge in [-0.1, -0.05) is 12.1 Å². The fourth-order valence-corrected chi connectivity index (χ4v) is 2.76. The monoisotopic (exact) mass is 337 g/mol. The Balaban J connectivity index is 1.58. The number of nitrogen functional groups attached to an aromatic ring is 2. The van der Waals surface area contributed by atoms with Crippen LogP contribution in [-0.4, -0.2) is 11.0 Å². The molecular formula is C20H23N3O2.